The fraction of sp³-hybridized carbons (Fsp3) is 0.0455. The Morgan fingerprint density at radius 2 is 0.500 bits per heavy atom. The summed E-state index contributed by atoms with van der Waals surface area (Å²) in [7, 11) is 0. The van der Waals surface area contributed by atoms with Crippen molar-refractivity contribution in [2.24, 2.45) is 0 Å². The number of aromatic nitrogens is 6. The topological polar surface area (TPSA) is 77.3 Å². The van der Waals surface area contributed by atoms with E-state index in [1.165, 1.54) is 66.8 Å². The van der Waals surface area contributed by atoms with Crippen molar-refractivity contribution in [3.8, 4) is 124 Å². The molecule has 0 saturated heterocycles. The molecule has 0 unspecified atom stereocenters. The zero-order chi connectivity index (χ0) is 63.0. The maximum Gasteiger partial charge on any atom is 0.164 e. The van der Waals surface area contributed by atoms with E-state index in [0.717, 1.165) is 55.6 Å². The molecule has 0 spiro atoms. The summed E-state index contributed by atoms with van der Waals surface area (Å²) >= 11 is 0. The maximum absolute atomic E-state index is 5.22. The van der Waals surface area contributed by atoms with Gasteiger partial charge in [0.25, 0.3) is 0 Å². The van der Waals surface area contributed by atoms with Crippen LogP contribution >= 0.6 is 0 Å². The van der Waals surface area contributed by atoms with Crippen LogP contribution < -0.4 is 0 Å². The molecule has 0 N–H and O–H groups in total. The van der Waals surface area contributed by atoms with Gasteiger partial charge in [-0.05, 0) is 107 Å². The fourth-order valence-corrected chi connectivity index (χ4v) is 14.0. The van der Waals surface area contributed by atoms with Crippen molar-refractivity contribution in [2.45, 2.75) is 24.7 Å². The van der Waals surface area contributed by atoms with Crippen molar-refractivity contribution in [3.05, 3.63) is 373 Å². The molecule has 0 atom stereocenters. The van der Waals surface area contributed by atoms with Crippen molar-refractivity contribution in [2.75, 3.05) is 0 Å². The van der Waals surface area contributed by atoms with Crippen LogP contribution in [0.5, 0.6) is 0 Å². The second kappa shape index (κ2) is 24.3. The van der Waals surface area contributed by atoms with Crippen LogP contribution in [0.2, 0.25) is 0 Å². The van der Waals surface area contributed by atoms with Gasteiger partial charge in [-0.25, -0.2) is 29.9 Å². The van der Waals surface area contributed by atoms with Crippen molar-refractivity contribution in [1.82, 2.24) is 29.9 Å². The lowest BCUT2D eigenvalue weighted by molar-refractivity contribution is 0.660. The summed E-state index contributed by atoms with van der Waals surface area (Å²) in [4.78, 5) is 30.2. The van der Waals surface area contributed by atoms with E-state index in [-0.39, 0.29) is 5.41 Å². The quantitative estimate of drug-likeness (QED) is 0.128. The lowest BCUT2D eigenvalue weighted by Gasteiger charge is -2.33. The average Bonchev–Trinajstić information content (AvgIpc) is 1.53. The molecule has 94 heavy (non-hydrogen) atoms. The molecule has 15 aromatic rings. The first-order valence-electron chi connectivity index (χ1n) is 32.0. The summed E-state index contributed by atoms with van der Waals surface area (Å²) < 4.78 is 0. The highest BCUT2D eigenvalue weighted by Crippen LogP contribution is 2.58. The minimum Gasteiger partial charge on any atom is -0.208 e. The van der Waals surface area contributed by atoms with E-state index in [2.05, 4.69) is 269 Å². The summed E-state index contributed by atoms with van der Waals surface area (Å²) in [5.74, 6) is 3.92. The average molecular weight is 1200 g/mol. The van der Waals surface area contributed by atoms with Crippen LogP contribution in [0.25, 0.3) is 124 Å². The SMILES string of the molecule is CC1(C)c2ccccc2-c2ccc(-c3cccc(-c4cccc(-c5nc(-c6ccccc6)nc(-c6ccccc6)n5)c4)c3)cc21.c1ccc(-c2ccc(-c3nc(-c4ccccc4)nc(-c4cccc5c4-c4ccccc4C5(c4ccccc4)c4ccccc4)n3)cc2)cc1. The Hall–Kier alpha value is -12.1. The van der Waals surface area contributed by atoms with Crippen LogP contribution in [-0.4, -0.2) is 29.9 Å². The predicted molar refractivity (Wildman–Crippen MR) is 383 cm³/mol. The number of hydrogen-bond donors (Lipinski definition) is 0. The summed E-state index contributed by atoms with van der Waals surface area (Å²) in [5.41, 5.74) is 25.0. The predicted octanol–water partition coefficient (Wildman–Crippen LogP) is 21.4. The largest absolute Gasteiger partial charge is 0.208 e. The third kappa shape index (κ3) is 10.4. The van der Waals surface area contributed by atoms with Crippen LogP contribution in [0, 0.1) is 0 Å². The van der Waals surface area contributed by atoms with Crippen LogP contribution in [-0.2, 0) is 10.8 Å². The maximum atomic E-state index is 5.22. The Kier molecular flexibility index (Phi) is 14.7. The van der Waals surface area contributed by atoms with E-state index in [9.17, 15) is 0 Å². The lowest BCUT2D eigenvalue weighted by Crippen LogP contribution is -2.28. The van der Waals surface area contributed by atoms with Gasteiger partial charge in [-0.2, -0.15) is 0 Å². The molecule has 2 heterocycles. The first kappa shape index (κ1) is 57.1. The van der Waals surface area contributed by atoms with Crippen LogP contribution in [0.15, 0.2) is 340 Å². The van der Waals surface area contributed by atoms with Gasteiger partial charge in [-0.3, -0.25) is 0 Å². The third-order valence-electron chi connectivity index (χ3n) is 18.6. The second-order valence-corrected chi connectivity index (χ2v) is 24.5. The van der Waals surface area contributed by atoms with E-state index in [4.69, 9.17) is 29.9 Å². The molecule has 0 radical (unpaired) electrons. The molecule has 2 aromatic heterocycles. The molecule has 0 saturated carbocycles. The molecule has 0 aliphatic heterocycles. The van der Waals surface area contributed by atoms with Gasteiger partial charge in [0.2, 0.25) is 0 Å². The third-order valence-corrected chi connectivity index (χ3v) is 18.6. The summed E-state index contributed by atoms with van der Waals surface area (Å²) in [5, 5.41) is 0. The van der Waals surface area contributed by atoms with E-state index in [1.54, 1.807) is 0 Å². The molecule has 6 heteroatoms. The molecule has 17 rings (SSSR count). The summed E-state index contributed by atoms with van der Waals surface area (Å²) in [6, 6.07) is 119. The fourth-order valence-electron chi connectivity index (χ4n) is 14.0. The van der Waals surface area contributed by atoms with Gasteiger partial charge in [0.1, 0.15) is 0 Å². The molecule has 13 aromatic carbocycles. The van der Waals surface area contributed by atoms with Gasteiger partial charge < -0.3 is 0 Å². The monoisotopic (exact) mass is 1200 g/mol. The number of rotatable bonds is 11. The summed E-state index contributed by atoms with van der Waals surface area (Å²) in [6.45, 7) is 4.66. The van der Waals surface area contributed by atoms with Gasteiger partial charge in [0.05, 0.1) is 5.41 Å². The van der Waals surface area contributed by atoms with E-state index in [0.29, 0.717) is 34.9 Å². The summed E-state index contributed by atoms with van der Waals surface area (Å²) in [6.07, 6.45) is 0. The Morgan fingerprint density at radius 1 is 0.191 bits per heavy atom. The molecule has 2 aliphatic rings. The normalized spacial score (nSPS) is 12.7. The Morgan fingerprint density at radius 3 is 1.02 bits per heavy atom. The number of benzene rings is 13. The lowest BCUT2D eigenvalue weighted by atomic mass is 9.67. The Balaban J connectivity index is 0.000000149. The Labute approximate surface area is 548 Å². The number of fused-ring (bicyclic) bond motifs is 6. The minimum atomic E-state index is -0.504. The van der Waals surface area contributed by atoms with Crippen LogP contribution in [0.1, 0.15) is 47.2 Å². The van der Waals surface area contributed by atoms with Crippen molar-refractivity contribution < 1.29 is 0 Å². The van der Waals surface area contributed by atoms with Crippen LogP contribution in [0.3, 0.4) is 0 Å². The Bertz CT molecular complexity index is 5150. The molecule has 0 amide bonds. The number of hydrogen-bond acceptors (Lipinski definition) is 6. The standard InChI is InChI=1S/C46H31N3.C42H31N3/c1-5-16-32(17-6-1)33-28-30-35(31-29-33)44-47-43(34-18-7-2-8-19-34)48-45(49-44)39-25-15-27-41-42(39)38-24-13-14-26-40(38)46(41,36-20-9-3-10-21-36)37-22-11-4-12-23-37;1-42(2)37-22-10-9-21-35(37)36-24-23-33(27-38(36)42)31-18-11-17-30(25-31)32-19-12-20-34(26-32)41-44-39(28-13-5-3-6-14-28)43-40(45-41)29-15-7-4-8-16-29/h1-31H;3-27H,1-2H3. The van der Waals surface area contributed by atoms with Gasteiger partial charge >= 0.3 is 0 Å². The van der Waals surface area contributed by atoms with E-state index >= 15 is 0 Å². The van der Waals surface area contributed by atoms with E-state index in [1.807, 2.05) is 84.9 Å². The molecular formula is C88H62N6. The van der Waals surface area contributed by atoms with Crippen molar-refractivity contribution >= 4 is 0 Å². The van der Waals surface area contributed by atoms with Crippen molar-refractivity contribution in [3.63, 3.8) is 0 Å². The van der Waals surface area contributed by atoms with Gasteiger partial charge in [0.15, 0.2) is 34.9 Å². The second-order valence-electron chi connectivity index (χ2n) is 24.5. The van der Waals surface area contributed by atoms with Gasteiger partial charge in [-0.1, -0.05) is 335 Å². The van der Waals surface area contributed by atoms with Gasteiger partial charge in [0, 0.05) is 38.8 Å². The van der Waals surface area contributed by atoms with E-state index < -0.39 is 5.41 Å². The minimum absolute atomic E-state index is 0.0321. The molecular weight excluding hydrogens is 1140 g/mol. The van der Waals surface area contributed by atoms with Gasteiger partial charge in [-0.15, -0.1) is 0 Å². The zero-order valence-corrected chi connectivity index (χ0v) is 52.0. The highest BCUT2D eigenvalue weighted by molar-refractivity contribution is 5.95. The first-order chi connectivity index (χ1) is 46.3. The first-order valence-corrected chi connectivity index (χ1v) is 32.0. The zero-order valence-electron chi connectivity index (χ0n) is 52.0. The number of nitrogens with zero attached hydrogens (tertiary/aromatic N) is 6. The molecule has 0 bridgehead atoms. The molecule has 444 valence electrons. The van der Waals surface area contributed by atoms with Crippen molar-refractivity contribution in [1.29, 1.82) is 0 Å². The highest BCUT2D eigenvalue weighted by atomic mass is 15.0. The molecule has 2 aliphatic carbocycles. The highest BCUT2D eigenvalue weighted by Gasteiger charge is 2.47. The molecule has 6 nitrogen and oxygen atoms in total. The van der Waals surface area contributed by atoms with Crippen LogP contribution in [0.4, 0.5) is 0 Å². The smallest absolute Gasteiger partial charge is 0.164 e. The molecule has 0 fully saturated rings.